The van der Waals surface area contributed by atoms with Crippen LogP contribution in [0, 0.1) is 6.92 Å². The van der Waals surface area contributed by atoms with Gasteiger partial charge >= 0.3 is 0 Å². The third-order valence-electron chi connectivity index (χ3n) is 3.86. The fourth-order valence-electron chi connectivity index (χ4n) is 2.71. The lowest BCUT2D eigenvalue weighted by atomic mass is 10.1. The molecule has 1 fully saturated rings. The standard InChI is InChI=1S/C14H17N7OS2/c1-9-7-11(22)21-12(15-9)16-10(19-21)8-23-14-18-17-13(24-14)20-5-3-2-4-6-20/h7H,2-6,8H2,1H3,(H,15,16,19). The van der Waals surface area contributed by atoms with E-state index in [1.807, 2.05) is 0 Å². The van der Waals surface area contributed by atoms with E-state index < -0.39 is 0 Å². The van der Waals surface area contributed by atoms with Crippen molar-refractivity contribution in [2.24, 2.45) is 0 Å². The Morgan fingerprint density at radius 2 is 2.08 bits per heavy atom. The number of nitrogens with one attached hydrogen (secondary N) is 1. The van der Waals surface area contributed by atoms with Crippen LogP contribution in [0.4, 0.5) is 5.13 Å². The molecule has 126 valence electrons. The number of hydrogen-bond acceptors (Lipinski definition) is 8. The molecular weight excluding hydrogens is 346 g/mol. The van der Waals surface area contributed by atoms with Crippen LogP contribution < -0.4 is 10.5 Å². The maximum atomic E-state index is 11.9. The second kappa shape index (κ2) is 6.52. The number of piperidine rings is 1. The summed E-state index contributed by atoms with van der Waals surface area (Å²) in [6.07, 6.45) is 3.75. The summed E-state index contributed by atoms with van der Waals surface area (Å²) in [6, 6.07) is 1.48. The molecular formula is C14H17N7OS2. The van der Waals surface area contributed by atoms with Crippen molar-refractivity contribution >= 4 is 34.0 Å². The first-order valence-corrected chi connectivity index (χ1v) is 9.66. The highest BCUT2D eigenvalue weighted by Gasteiger charge is 2.16. The average Bonchev–Trinajstić information content (AvgIpc) is 3.20. The van der Waals surface area contributed by atoms with E-state index in [1.165, 1.54) is 29.8 Å². The van der Waals surface area contributed by atoms with Crippen LogP contribution in [-0.4, -0.2) is 42.9 Å². The van der Waals surface area contributed by atoms with E-state index in [2.05, 4.69) is 30.2 Å². The lowest BCUT2D eigenvalue weighted by Crippen LogP contribution is -2.29. The molecule has 0 saturated carbocycles. The Hall–Kier alpha value is -1.94. The van der Waals surface area contributed by atoms with Gasteiger partial charge in [-0.2, -0.15) is 9.50 Å². The number of nitrogens with zero attached hydrogens (tertiary/aromatic N) is 6. The number of fused-ring (bicyclic) bond motifs is 1. The van der Waals surface area contributed by atoms with Crippen molar-refractivity contribution in [3.8, 4) is 0 Å². The number of rotatable bonds is 4. The van der Waals surface area contributed by atoms with Crippen molar-refractivity contribution in [1.82, 2.24) is 29.8 Å². The molecule has 10 heteroatoms. The topological polar surface area (TPSA) is 92.1 Å². The zero-order chi connectivity index (χ0) is 16.5. The number of hydrogen-bond donors (Lipinski definition) is 1. The van der Waals surface area contributed by atoms with Crippen molar-refractivity contribution < 1.29 is 0 Å². The van der Waals surface area contributed by atoms with Gasteiger partial charge in [-0.3, -0.25) is 9.89 Å². The summed E-state index contributed by atoms with van der Waals surface area (Å²) in [6.45, 7) is 3.92. The molecule has 0 atom stereocenters. The van der Waals surface area contributed by atoms with Gasteiger partial charge in [0.25, 0.3) is 11.3 Å². The Morgan fingerprint density at radius 1 is 1.25 bits per heavy atom. The maximum Gasteiger partial charge on any atom is 0.274 e. The van der Waals surface area contributed by atoms with E-state index in [0.29, 0.717) is 23.0 Å². The molecule has 1 aliphatic heterocycles. The first-order chi connectivity index (χ1) is 11.7. The van der Waals surface area contributed by atoms with Gasteiger partial charge < -0.3 is 4.90 Å². The summed E-state index contributed by atoms with van der Waals surface area (Å²) in [5.74, 6) is 1.70. The maximum absolute atomic E-state index is 11.9. The van der Waals surface area contributed by atoms with Crippen LogP contribution in [0.5, 0.6) is 0 Å². The molecule has 0 aliphatic carbocycles. The number of thioether (sulfide) groups is 1. The molecule has 1 saturated heterocycles. The Bertz CT molecular complexity index is 909. The first kappa shape index (κ1) is 15.6. The summed E-state index contributed by atoms with van der Waals surface area (Å²) < 4.78 is 2.27. The zero-order valence-electron chi connectivity index (χ0n) is 13.2. The number of aryl methyl sites for hydroxylation is 1. The van der Waals surface area contributed by atoms with Crippen LogP contribution in [0.25, 0.3) is 5.78 Å². The summed E-state index contributed by atoms with van der Waals surface area (Å²) in [4.78, 5) is 22.8. The third kappa shape index (κ3) is 3.16. The van der Waals surface area contributed by atoms with Gasteiger partial charge in [0.2, 0.25) is 5.13 Å². The molecule has 3 aromatic rings. The summed E-state index contributed by atoms with van der Waals surface area (Å²) in [5.41, 5.74) is 0.519. The molecule has 0 amide bonds. The molecule has 3 aromatic heterocycles. The summed E-state index contributed by atoms with van der Waals surface area (Å²) in [5, 5.41) is 12.5. The monoisotopic (exact) mass is 363 g/mol. The lowest BCUT2D eigenvalue weighted by Gasteiger charge is -2.25. The number of H-pyrrole nitrogens is 1. The van der Waals surface area contributed by atoms with E-state index in [9.17, 15) is 4.79 Å². The molecule has 0 unspecified atom stereocenters. The molecule has 0 radical (unpaired) electrons. The Balaban J connectivity index is 1.46. The smallest absolute Gasteiger partial charge is 0.274 e. The van der Waals surface area contributed by atoms with Crippen molar-refractivity contribution in [2.45, 2.75) is 36.3 Å². The minimum Gasteiger partial charge on any atom is -0.347 e. The normalized spacial score (nSPS) is 15.3. The highest BCUT2D eigenvalue weighted by molar-refractivity contribution is 8.00. The molecule has 0 aromatic carbocycles. The van der Waals surface area contributed by atoms with Crippen LogP contribution in [0.15, 0.2) is 15.2 Å². The minimum absolute atomic E-state index is 0.149. The van der Waals surface area contributed by atoms with Crippen molar-refractivity contribution in [3.05, 3.63) is 27.9 Å². The average molecular weight is 363 g/mol. The SMILES string of the molecule is Cc1cc(=O)n2[nH]c(CSc3nnc(N4CCCCC4)s3)nc2n1. The fraction of sp³-hybridized carbons (Fsp3) is 0.500. The molecule has 4 rings (SSSR count). The van der Waals surface area contributed by atoms with Gasteiger partial charge in [-0.15, -0.1) is 10.2 Å². The lowest BCUT2D eigenvalue weighted by molar-refractivity contribution is 0.575. The van der Waals surface area contributed by atoms with E-state index in [1.54, 1.807) is 30.0 Å². The first-order valence-electron chi connectivity index (χ1n) is 7.85. The Morgan fingerprint density at radius 3 is 2.92 bits per heavy atom. The number of aromatic amines is 1. The van der Waals surface area contributed by atoms with E-state index >= 15 is 0 Å². The second-order valence-corrected chi connectivity index (χ2v) is 7.91. The quantitative estimate of drug-likeness (QED) is 0.707. The van der Waals surface area contributed by atoms with Crippen molar-refractivity contribution in [1.29, 1.82) is 0 Å². The van der Waals surface area contributed by atoms with Gasteiger partial charge in [-0.05, 0) is 26.2 Å². The summed E-state index contributed by atoms with van der Waals surface area (Å²) in [7, 11) is 0. The van der Waals surface area contributed by atoms with Gasteiger partial charge in [-0.1, -0.05) is 23.1 Å². The molecule has 1 N–H and O–H groups in total. The minimum atomic E-state index is -0.149. The predicted octanol–water partition coefficient (Wildman–Crippen LogP) is 1.86. The van der Waals surface area contributed by atoms with Gasteiger partial charge in [0.1, 0.15) is 5.82 Å². The highest BCUT2D eigenvalue weighted by Crippen LogP contribution is 2.30. The number of anilines is 1. The van der Waals surface area contributed by atoms with Crippen molar-refractivity contribution in [3.63, 3.8) is 0 Å². The molecule has 8 nitrogen and oxygen atoms in total. The molecule has 0 spiro atoms. The van der Waals surface area contributed by atoms with Gasteiger partial charge in [0.15, 0.2) is 4.34 Å². The van der Waals surface area contributed by atoms with Crippen LogP contribution in [0.3, 0.4) is 0 Å². The Kier molecular flexibility index (Phi) is 4.23. The summed E-state index contributed by atoms with van der Waals surface area (Å²) >= 11 is 3.18. The molecule has 0 bridgehead atoms. The zero-order valence-corrected chi connectivity index (χ0v) is 14.9. The van der Waals surface area contributed by atoms with Crippen LogP contribution in [-0.2, 0) is 5.75 Å². The second-order valence-electron chi connectivity index (χ2n) is 5.73. The largest absolute Gasteiger partial charge is 0.347 e. The van der Waals surface area contributed by atoms with E-state index in [0.717, 1.165) is 22.6 Å². The van der Waals surface area contributed by atoms with Gasteiger partial charge in [-0.25, -0.2) is 4.98 Å². The molecule has 1 aliphatic rings. The van der Waals surface area contributed by atoms with Crippen LogP contribution >= 0.6 is 23.1 Å². The van der Waals surface area contributed by atoms with E-state index in [4.69, 9.17) is 0 Å². The fourth-order valence-corrected chi connectivity index (χ4v) is 4.46. The number of aromatic nitrogens is 6. The van der Waals surface area contributed by atoms with Crippen LogP contribution in [0.2, 0.25) is 0 Å². The van der Waals surface area contributed by atoms with Gasteiger partial charge in [0.05, 0.1) is 5.75 Å². The Labute approximate surface area is 146 Å². The van der Waals surface area contributed by atoms with Crippen LogP contribution in [0.1, 0.15) is 30.8 Å². The van der Waals surface area contributed by atoms with Gasteiger partial charge in [0, 0.05) is 24.8 Å². The highest BCUT2D eigenvalue weighted by atomic mass is 32.2. The predicted molar refractivity (Wildman–Crippen MR) is 93.9 cm³/mol. The third-order valence-corrected chi connectivity index (χ3v) is 5.99. The van der Waals surface area contributed by atoms with Crippen molar-refractivity contribution in [2.75, 3.05) is 18.0 Å². The molecule has 24 heavy (non-hydrogen) atoms. The molecule has 4 heterocycles. The van der Waals surface area contributed by atoms with E-state index in [-0.39, 0.29) is 5.56 Å².